The lowest BCUT2D eigenvalue weighted by Crippen LogP contribution is -2.05. The van der Waals surface area contributed by atoms with Gasteiger partial charge in [-0.3, -0.25) is 0 Å². The zero-order chi connectivity index (χ0) is 15.2. The summed E-state index contributed by atoms with van der Waals surface area (Å²) in [6, 6.07) is 14.3. The van der Waals surface area contributed by atoms with Crippen molar-refractivity contribution in [1.82, 2.24) is 0 Å². The SMILES string of the molecule is COC(=O)c1ccc(Cl)c(NCc2ccccc2C#N)c1. The number of nitriles is 1. The van der Waals surface area contributed by atoms with E-state index in [0.29, 0.717) is 28.4 Å². The monoisotopic (exact) mass is 300 g/mol. The van der Waals surface area contributed by atoms with E-state index in [1.54, 1.807) is 24.3 Å². The van der Waals surface area contributed by atoms with Crippen molar-refractivity contribution in [3.63, 3.8) is 0 Å². The van der Waals surface area contributed by atoms with Crippen LogP contribution in [-0.2, 0) is 11.3 Å². The highest BCUT2D eigenvalue weighted by molar-refractivity contribution is 6.33. The van der Waals surface area contributed by atoms with Crippen molar-refractivity contribution in [3.05, 3.63) is 64.2 Å². The van der Waals surface area contributed by atoms with Gasteiger partial charge in [-0.2, -0.15) is 5.26 Å². The number of esters is 1. The van der Waals surface area contributed by atoms with Crippen LogP contribution in [0.15, 0.2) is 42.5 Å². The number of hydrogen-bond donors (Lipinski definition) is 1. The topological polar surface area (TPSA) is 62.1 Å². The van der Waals surface area contributed by atoms with E-state index in [1.165, 1.54) is 7.11 Å². The quantitative estimate of drug-likeness (QED) is 0.876. The molecule has 106 valence electrons. The van der Waals surface area contributed by atoms with Crippen molar-refractivity contribution in [2.24, 2.45) is 0 Å². The van der Waals surface area contributed by atoms with Crippen molar-refractivity contribution in [1.29, 1.82) is 5.26 Å². The Bertz CT molecular complexity index is 708. The van der Waals surface area contributed by atoms with Gasteiger partial charge in [-0.1, -0.05) is 29.8 Å². The number of halogens is 1. The number of nitrogens with one attached hydrogen (secondary N) is 1. The molecule has 2 rings (SSSR count). The molecule has 5 heteroatoms. The molecule has 0 bridgehead atoms. The van der Waals surface area contributed by atoms with Crippen LogP contribution in [0.25, 0.3) is 0 Å². The number of anilines is 1. The smallest absolute Gasteiger partial charge is 0.337 e. The fourth-order valence-corrected chi connectivity index (χ4v) is 2.06. The van der Waals surface area contributed by atoms with E-state index in [0.717, 1.165) is 5.56 Å². The van der Waals surface area contributed by atoms with Crippen LogP contribution in [-0.4, -0.2) is 13.1 Å². The van der Waals surface area contributed by atoms with E-state index in [1.807, 2.05) is 18.2 Å². The van der Waals surface area contributed by atoms with Crippen LogP contribution in [0.3, 0.4) is 0 Å². The van der Waals surface area contributed by atoms with E-state index >= 15 is 0 Å². The number of carbonyl (C=O) groups excluding carboxylic acids is 1. The zero-order valence-corrected chi connectivity index (χ0v) is 12.1. The van der Waals surface area contributed by atoms with Crippen molar-refractivity contribution in [2.45, 2.75) is 6.54 Å². The summed E-state index contributed by atoms with van der Waals surface area (Å²) in [6.45, 7) is 0.439. The third-order valence-corrected chi connectivity index (χ3v) is 3.32. The minimum absolute atomic E-state index is 0.415. The highest BCUT2D eigenvalue weighted by atomic mass is 35.5. The molecule has 0 atom stereocenters. The molecule has 2 aromatic rings. The fourth-order valence-electron chi connectivity index (χ4n) is 1.88. The van der Waals surface area contributed by atoms with Crippen molar-refractivity contribution in [3.8, 4) is 6.07 Å². The normalized spacial score (nSPS) is 9.76. The molecule has 0 spiro atoms. The molecule has 0 saturated carbocycles. The molecule has 0 aliphatic heterocycles. The summed E-state index contributed by atoms with van der Waals surface area (Å²) in [5, 5.41) is 12.7. The number of nitrogens with zero attached hydrogens (tertiary/aromatic N) is 1. The molecular formula is C16H13ClN2O2. The molecule has 4 nitrogen and oxygen atoms in total. The van der Waals surface area contributed by atoms with Gasteiger partial charge in [-0.25, -0.2) is 4.79 Å². The van der Waals surface area contributed by atoms with E-state index in [4.69, 9.17) is 16.9 Å². The maximum atomic E-state index is 11.5. The summed E-state index contributed by atoms with van der Waals surface area (Å²) >= 11 is 6.10. The summed E-state index contributed by atoms with van der Waals surface area (Å²) in [6.07, 6.45) is 0. The lowest BCUT2D eigenvalue weighted by atomic mass is 10.1. The number of rotatable bonds is 4. The summed E-state index contributed by atoms with van der Waals surface area (Å²) in [5.74, 6) is -0.424. The van der Waals surface area contributed by atoms with Gasteiger partial charge in [0.25, 0.3) is 0 Å². The van der Waals surface area contributed by atoms with Crippen molar-refractivity contribution >= 4 is 23.3 Å². The maximum Gasteiger partial charge on any atom is 0.337 e. The largest absolute Gasteiger partial charge is 0.465 e. The third-order valence-electron chi connectivity index (χ3n) is 2.99. The molecule has 0 amide bonds. The van der Waals surface area contributed by atoms with Crippen LogP contribution >= 0.6 is 11.6 Å². The maximum absolute atomic E-state index is 11.5. The zero-order valence-electron chi connectivity index (χ0n) is 11.4. The summed E-state index contributed by atoms with van der Waals surface area (Å²) in [4.78, 5) is 11.5. The van der Waals surface area contributed by atoms with Gasteiger partial charge in [0.1, 0.15) is 0 Å². The first kappa shape index (κ1) is 14.9. The van der Waals surface area contributed by atoms with Gasteiger partial charge in [0.05, 0.1) is 35.0 Å². The Kier molecular flexibility index (Phi) is 4.81. The van der Waals surface area contributed by atoms with Crippen LogP contribution in [0.1, 0.15) is 21.5 Å². The Morgan fingerprint density at radius 3 is 2.81 bits per heavy atom. The Labute approximate surface area is 127 Å². The Hall–Kier alpha value is -2.51. The van der Waals surface area contributed by atoms with Gasteiger partial charge < -0.3 is 10.1 Å². The molecule has 0 heterocycles. The van der Waals surface area contributed by atoms with Gasteiger partial charge in [-0.15, -0.1) is 0 Å². The molecule has 21 heavy (non-hydrogen) atoms. The summed E-state index contributed by atoms with van der Waals surface area (Å²) < 4.78 is 4.68. The molecule has 0 radical (unpaired) electrons. The first-order chi connectivity index (χ1) is 10.2. The highest BCUT2D eigenvalue weighted by Gasteiger charge is 2.09. The number of methoxy groups -OCH3 is 1. The Morgan fingerprint density at radius 2 is 2.10 bits per heavy atom. The molecule has 0 fully saturated rings. The van der Waals surface area contributed by atoms with Gasteiger partial charge >= 0.3 is 5.97 Å². The highest BCUT2D eigenvalue weighted by Crippen LogP contribution is 2.24. The van der Waals surface area contributed by atoms with E-state index in [2.05, 4.69) is 16.1 Å². The molecule has 0 aromatic heterocycles. The van der Waals surface area contributed by atoms with Crippen LogP contribution in [0.4, 0.5) is 5.69 Å². The number of benzene rings is 2. The first-order valence-electron chi connectivity index (χ1n) is 6.25. The molecule has 1 N–H and O–H groups in total. The standard InChI is InChI=1S/C16H13ClN2O2/c1-21-16(20)11-6-7-14(17)15(8-11)19-10-13-5-3-2-4-12(13)9-18/h2-8,19H,10H2,1H3. The van der Waals surface area contributed by atoms with Crippen LogP contribution in [0.5, 0.6) is 0 Å². The Morgan fingerprint density at radius 1 is 1.33 bits per heavy atom. The van der Waals surface area contributed by atoms with Crippen LogP contribution in [0, 0.1) is 11.3 Å². The first-order valence-corrected chi connectivity index (χ1v) is 6.63. The van der Waals surface area contributed by atoms with Crippen LogP contribution < -0.4 is 5.32 Å². The molecule has 2 aromatic carbocycles. The molecule has 0 unspecified atom stereocenters. The third kappa shape index (κ3) is 3.53. The molecular weight excluding hydrogens is 288 g/mol. The minimum Gasteiger partial charge on any atom is -0.465 e. The lowest BCUT2D eigenvalue weighted by Gasteiger charge is -2.11. The van der Waals surface area contributed by atoms with Gasteiger partial charge in [0.15, 0.2) is 0 Å². The summed E-state index contributed by atoms with van der Waals surface area (Å²) in [5.41, 5.74) is 2.50. The second kappa shape index (κ2) is 6.78. The van der Waals surface area contributed by atoms with Gasteiger partial charge in [0.2, 0.25) is 0 Å². The molecule has 0 saturated heterocycles. The predicted molar refractivity (Wildman–Crippen MR) is 81.3 cm³/mol. The van der Waals surface area contributed by atoms with Gasteiger partial charge in [-0.05, 0) is 29.8 Å². The predicted octanol–water partition coefficient (Wildman–Crippen LogP) is 3.61. The van der Waals surface area contributed by atoms with E-state index < -0.39 is 5.97 Å². The second-order valence-corrected chi connectivity index (χ2v) is 4.72. The minimum atomic E-state index is -0.424. The fraction of sp³-hybridized carbons (Fsp3) is 0.125. The molecule has 0 aliphatic rings. The van der Waals surface area contributed by atoms with Crippen molar-refractivity contribution < 1.29 is 9.53 Å². The van der Waals surface area contributed by atoms with Gasteiger partial charge in [0, 0.05) is 6.54 Å². The number of hydrogen-bond acceptors (Lipinski definition) is 4. The summed E-state index contributed by atoms with van der Waals surface area (Å²) in [7, 11) is 1.33. The van der Waals surface area contributed by atoms with E-state index in [9.17, 15) is 4.79 Å². The average Bonchev–Trinajstić information content (AvgIpc) is 2.53. The number of ether oxygens (including phenoxy) is 1. The Balaban J connectivity index is 2.20. The molecule has 0 aliphatic carbocycles. The van der Waals surface area contributed by atoms with Crippen LogP contribution in [0.2, 0.25) is 5.02 Å². The van der Waals surface area contributed by atoms with Crippen molar-refractivity contribution in [2.75, 3.05) is 12.4 Å². The number of carbonyl (C=O) groups is 1. The second-order valence-electron chi connectivity index (χ2n) is 4.31. The van der Waals surface area contributed by atoms with E-state index in [-0.39, 0.29) is 0 Å². The average molecular weight is 301 g/mol. The lowest BCUT2D eigenvalue weighted by molar-refractivity contribution is 0.0601.